The van der Waals surface area contributed by atoms with Gasteiger partial charge in [0.1, 0.15) is 4.83 Å². The Morgan fingerprint density at radius 2 is 2.11 bits per heavy atom. The molecule has 0 saturated carbocycles. The Morgan fingerprint density at radius 1 is 1.32 bits per heavy atom. The van der Waals surface area contributed by atoms with Crippen molar-refractivity contribution in [2.45, 2.75) is 57.1 Å². The van der Waals surface area contributed by atoms with Crippen molar-refractivity contribution in [2.24, 2.45) is 0 Å². The maximum Gasteiger partial charge on any atom is 0.263 e. The summed E-state index contributed by atoms with van der Waals surface area (Å²) < 4.78 is 2.76. The normalized spacial score (nSPS) is 15.0. The van der Waals surface area contributed by atoms with E-state index in [2.05, 4.69) is 29.8 Å². The fourth-order valence-electron chi connectivity index (χ4n) is 3.54. The molecule has 0 spiro atoms. The van der Waals surface area contributed by atoms with Crippen molar-refractivity contribution in [3.05, 3.63) is 41.6 Å². The number of carbonyl (C=O) groups excluding carboxylic acids is 1. The maximum absolute atomic E-state index is 13.4. The van der Waals surface area contributed by atoms with Crippen LogP contribution in [0.1, 0.15) is 59.3 Å². The number of ketones is 1. The van der Waals surface area contributed by atoms with Crippen LogP contribution in [0, 0.1) is 0 Å². The lowest BCUT2D eigenvalue weighted by Crippen LogP contribution is -2.26. The van der Waals surface area contributed by atoms with Crippen molar-refractivity contribution in [3.8, 4) is 0 Å². The van der Waals surface area contributed by atoms with Crippen molar-refractivity contribution in [3.63, 3.8) is 0 Å². The number of Topliss-reactive ketones (excluding diaryl/α,β-unsaturated/α-hetero) is 1. The molecule has 8 heteroatoms. The van der Waals surface area contributed by atoms with Crippen LogP contribution in [0.5, 0.6) is 0 Å². The second-order valence-corrected chi connectivity index (χ2v) is 11.5. The Hall–Kier alpha value is -0.960. The van der Waals surface area contributed by atoms with Crippen LogP contribution in [0.15, 0.2) is 25.9 Å². The second-order valence-electron chi connectivity index (χ2n) is 7.03. The molecule has 0 aromatic carbocycles. The first-order chi connectivity index (χ1) is 13.5. The smallest absolute Gasteiger partial charge is 0.263 e. The van der Waals surface area contributed by atoms with Crippen LogP contribution in [0.4, 0.5) is 0 Å². The van der Waals surface area contributed by atoms with Gasteiger partial charge < -0.3 is 0 Å². The fourth-order valence-corrected chi connectivity index (χ4v) is 7.24. The summed E-state index contributed by atoms with van der Waals surface area (Å²) in [4.78, 5) is 33.7. The highest BCUT2D eigenvalue weighted by molar-refractivity contribution is 9.11. The molecular formula is C20H21BrN2O2S3. The standard InChI is InChI=1S/C20H21BrN2O2S3/c1-3-11(2)23-19(25)17-12-6-4-5-7-14(12)28-18(17)22-20(23)26-10-13(24)15-8-9-16(21)27-15/h8-9,11H,3-7,10H2,1-2H3. The van der Waals surface area contributed by atoms with E-state index in [1.807, 2.05) is 16.7 Å². The Bertz CT molecular complexity index is 1100. The Labute approximate surface area is 184 Å². The minimum absolute atomic E-state index is 0.0528. The van der Waals surface area contributed by atoms with Gasteiger partial charge in [-0.3, -0.25) is 14.2 Å². The maximum atomic E-state index is 13.4. The molecule has 4 nitrogen and oxygen atoms in total. The summed E-state index contributed by atoms with van der Waals surface area (Å²) in [7, 11) is 0. The van der Waals surface area contributed by atoms with Crippen molar-refractivity contribution >= 4 is 66.4 Å². The van der Waals surface area contributed by atoms with E-state index in [0.29, 0.717) is 5.16 Å². The van der Waals surface area contributed by atoms with Gasteiger partial charge >= 0.3 is 0 Å². The molecule has 1 aliphatic carbocycles. The van der Waals surface area contributed by atoms with E-state index in [0.717, 1.165) is 44.6 Å². The summed E-state index contributed by atoms with van der Waals surface area (Å²) in [6.07, 6.45) is 5.20. The van der Waals surface area contributed by atoms with E-state index < -0.39 is 0 Å². The van der Waals surface area contributed by atoms with Crippen molar-refractivity contribution in [1.82, 2.24) is 9.55 Å². The zero-order valence-corrected chi connectivity index (χ0v) is 19.8. The molecule has 1 aliphatic rings. The number of nitrogens with zero attached hydrogens (tertiary/aromatic N) is 2. The molecule has 0 aliphatic heterocycles. The third kappa shape index (κ3) is 3.76. The van der Waals surface area contributed by atoms with Gasteiger partial charge in [-0.05, 0) is 72.7 Å². The molecule has 0 N–H and O–H groups in total. The van der Waals surface area contributed by atoms with Crippen LogP contribution >= 0.6 is 50.4 Å². The lowest BCUT2D eigenvalue weighted by molar-refractivity contribution is 0.102. The number of thiophene rings is 2. The van der Waals surface area contributed by atoms with Crippen LogP contribution in [-0.2, 0) is 12.8 Å². The monoisotopic (exact) mass is 496 g/mol. The lowest BCUT2D eigenvalue weighted by atomic mass is 9.97. The summed E-state index contributed by atoms with van der Waals surface area (Å²) >= 11 is 7.88. The zero-order chi connectivity index (χ0) is 19.8. The predicted molar refractivity (Wildman–Crippen MR) is 123 cm³/mol. The number of carbonyl (C=O) groups is 1. The molecule has 0 saturated heterocycles. The first-order valence-electron chi connectivity index (χ1n) is 9.47. The SMILES string of the molecule is CCC(C)n1c(SCC(=O)c2ccc(Br)s2)nc2sc3c(c2c1=O)CCCC3. The van der Waals surface area contributed by atoms with Gasteiger partial charge in [-0.2, -0.15) is 0 Å². The van der Waals surface area contributed by atoms with Gasteiger partial charge in [-0.25, -0.2) is 4.98 Å². The second kappa shape index (κ2) is 8.42. The van der Waals surface area contributed by atoms with Crippen LogP contribution in [0.3, 0.4) is 0 Å². The number of halogens is 1. The molecule has 148 valence electrons. The van der Waals surface area contributed by atoms with Crippen molar-refractivity contribution < 1.29 is 4.79 Å². The molecular weight excluding hydrogens is 476 g/mol. The van der Waals surface area contributed by atoms with Gasteiger partial charge in [0.05, 0.1) is 19.8 Å². The van der Waals surface area contributed by atoms with Gasteiger partial charge in [-0.1, -0.05) is 18.7 Å². The van der Waals surface area contributed by atoms with Gasteiger partial charge in [0.25, 0.3) is 5.56 Å². The molecule has 0 radical (unpaired) electrons. The van der Waals surface area contributed by atoms with Crippen LogP contribution < -0.4 is 5.56 Å². The topological polar surface area (TPSA) is 52.0 Å². The molecule has 3 heterocycles. The zero-order valence-electron chi connectivity index (χ0n) is 15.8. The number of hydrogen-bond acceptors (Lipinski definition) is 6. The Kier molecular flexibility index (Phi) is 6.11. The van der Waals surface area contributed by atoms with Crippen LogP contribution in [-0.4, -0.2) is 21.1 Å². The van der Waals surface area contributed by atoms with E-state index in [1.165, 1.54) is 40.0 Å². The Balaban J connectivity index is 1.74. The number of rotatable bonds is 6. The molecule has 0 bridgehead atoms. The highest BCUT2D eigenvalue weighted by Gasteiger charge is 2.24. The first-order valence-corrected chi connectivity index (χ1v) is 12.9. The van der Waals surface area contributed by atoms with Crippen LogP contribution in [0.25, 0.3) is 10.2 Å². The molecule has 4 rings (SSSR count). The van der Waals surface area contributed by atoms with E-state index in [4.69, 9.17) is 4.98 Å². The minimum Gasteiger partial charge on any atom is -0.292 e. The lowest BCUT2D eigenvalue weighted by Gasteiger charge is -2.18. The molecule has 1 unspecified atom stereocenters. The van der Waals surface area contributed by atoms with E-state index in [1.54, 1.807) is 11.3 Å². The molecule has 28 heavy (non-hydrogen) atoms. The summed E-state index contributed by atoms with van der Waals surface area (Å²) in [6, 6.07) is 3.78. The summed E-state index contributed by atoms with van der Waals surface area (Å²) in [6.45, 7) is 4.13. The van der Waals surface area contributed by atoms with Crippen molar-refractivity contribution in [2.75, 3.05) is 5.75 Å². The largest absolute Gasteiger partial charge is 0.292 e. The molecule has 0 amide bonds. The molecule has 0 fully saturated rings. The number of hydrogen-bond donors (Lipinski definition) is 0. The van der Waals surface area contributed by atoms with Gasteiger partial charge in [0, 0.05) is 10.9 Å². The summed E-state index contributed by atoms with van der Waals surface area (Å²) in [5, 5.41) is 1.48. The van der Waals surface area contributed by atoms with Gasteiger partial charge in [0.2, 0.25) is 0 Å². The number of thioether (sulfide) groups is 1. The van der Waals surface area contributed by atoms with Gasteiger partial charge in [-0.15, -0.1) is 22.7 Å². The third-order valence-electron chi connectivity index (χ3n) is 5.20. The third-order valence-corrected chi connectivity index (χ3v) is 9.00. The number of aryl methyl sites for hydroxylation is 2. The van der Waals surface area contributed by atoms with E-state index in [-0.39, 0.29) is 23.1 Å². The summed E-state index contributed by atoms with van der Waals surface area (Å²) in [5.41, 5.74) is 1.28. The molecule has 3 aromatic heterocycles. The van der Waals surface area contributed by atoms with E-state index >= 15 is 0 Å². The molecule has 3 aromatic rings. The van der Waals surface area contributed by atoms with Gasteiger partial charge in [0.15, 0.2) is 10.9 Å². The predicted octanol–water partition coefficient (Wildman–Crippen LogP) is 6.11. The minimum atomic E-state index is 0.0528. The average Bonchev–Trinajstić information content (AvgIpc) is 3.29. The highest BCUT2D eigenvalue weighted by Crippen LogP contribution is 2.35. The average molecular weight is 498 g/mol. The summed E-state index contributed by atoms with van der Waals surface area (Å²) in [5.74, 6) is 0.350. The Morgan fingerprint density at radius 3 is 2.82 bits per heavy atom. The fraction of sp³-hybridized carbons (Fsp3) is 0.450. The van der Waals surface area contributed by atoms with Crippen LogP contribution in [0.2, 0.25) is 0 Å². The number of aromatic nitrogens is 2. The quantitative estimate of drug-likeness (QED) is 0.234. The van der Waals surface area contributed by atoms with Crippen molar-refractivity contribution in [1.29, 1.82) is 0 Å². The first kappa shape index (κ1) is 20.3. The number of fused-ring (bicyclic) bond motifs is 3. The van der Waals surface area contributed by atoms with E-state index in [9.17, 15) is 9.59 Å². The highest BCUT2D eigenvalue weighted by atomic mass is 79.9. The molecule has 1 atom stereocenters.